The van der Waals surface area contributed by atoms with Crippen LogP contribution < -0.4 is 10.1 Å². The summed E-state index contributed by atoms with van der Waals surface area (Å²) >= 11 is 1.53. The van der Waals surface area contributed by atoms with Gasteiger partial charge in [0.2, 0.25) is 5.95 Å². The van der Waals surface area contributed by atoms with Crippen LogP contribution in [0.5, 0.6) is 5.75 Å². The second kappa shape index (κ2) is 8.28. The van der Waals surface area contributed by atoms with Gasteiger partial charge >= 0.3 is 0 Å². The molecule has 9 heteroatoms. The first-order valence-corrected chi connectivity index (χ1v) is 9.33. The molecule has 0 spiro atoms. The van der Waals surface area contributed by atoms with Crippen LogP contribution in [0.25, 0.3) is 10.6 Å². The molecule has 138 valence electrons. The first-order valence-electron chi connectivity index (χ1n) is 8.45. The van der Waals surface area contributed by atoms with Gasteiger partial charge in [-0.25, -0.2) is 9.97 Å². The lowest BCUT2D eigenvalue weighted by Gasteiger charge is -2.09. The van der Waals surface area contributed by atoms with Gasteiger partial charge in [-0.2, -0.15) is 5.26 Å². The zero-order chi connectivity index (χ0) is 19.2. The Morgan fingerprint density at radius 2 is 1.96 bits per heavy atom. The van der Waals surface area contributed by atoms with Crippen LogP contribution in [0.4, 0.5) is 11.6 Å². The van der Waals surface area contributed by atoms with Gasteiger partial charge in [-0.1, -0.05) is 6.07 Å². The normalized spacial score (nSPS) is 10.4. The summed E-state index contributed by atoms with van der Waals surface area (Å²) in [7, 11) is 0. The summed E-state index contributed by atoms with van der Waals surface area (Å²) < 4.78 is 7.56. The molecular weight excluding hydrogens is 374 g/mol. The fourth-order valence-corrected chi connectivity index (χ4v) is 3.22. The minimum Gasteiger partial charge on any atom is -0.492 e. The first kappa shape index (κ1) is 17.6. The SMILES string of the molecule is N#Cc1cnc(Nc2ccc(OCCn3cnnc3)cc2)nc1-c1cccs1. The Labute approximate surface area is 165 Å². The maximum atomic E-state index is 9.29. The van der Waals surface area contributed by atoms with Gasteiger partial charge in [0, 0.05) is 5.69 Å². The van der Waals surface area contributed by atoms with Gasteiger partial charge in [0.25, 0.3) is 0 Å². The first-order chi connectivity index (χ1) is 13.8. The van der Waals surface area contributed by atoms with Crippen molar-refractivity contribution >= 4 is 23.0 Å². The van der Waals surface area contributed by atoms with E-state index in [2.05, 4.69) is 31.6 Å². The Hall–Kier alpha value is -3.77. The van der Waals surface area contributed by atoms with Crippen molar-refractivity contribution in [3.8, 4) is 22.4 Å². The molecule has 1 N–H and O–H groups in total. The predicted molar refractivity (Wildman–Crippen MR) is 105 cm³/mol. The lowest BCUT2D eigenvalue weighted by Crippen LogP contribution is -2.06. The highest BCUT2D eigenvalue weighted by Crippen LogP contribution is 2.27. The van der Waals surface area contributed by atoms with Gasteiger partial charge in [0.1, 0.15) is 36.8 Å². The number of nitrogens with zero attached hydrogens (tertiary/aromatic N) is 6. The number of hydrogen-bond donors (Lipinski definition) is 1. The average Bonchev–Trinajstić information content (AvgIpc) is 3.44. The largest absolute Gasteiger partial charge is 0.492 e. The van der Waals surface area contributed by atoms with E-state index in [9.17, 15) is 5.26 Å². The second-order valence-corrected chi connectivity index (χ2v) is 6.69. The molecule has 3 aromatic heterocycles. The molecule has 0 saturated carbocycles. The third-order valence-electron chi connectivity index (χ3n) is 3.86. The lowest BCUT2D eigenvalue weighted by atomic mass is 10.2. The van der Waals surface area contributed by atoms with Crippen molar-refractivity contribution in [2.24, 2.45) is 0 Å². The molecule has 8 nitrogen and oxygen atoms in total. The fourth-order valence-electron chi connectivity index (χ4n) is 2.50. The summed E-state index contributed by atoms with van der Waals surface area (Å²) in [5.74, 6) is 1.20. The quantitative estimate of drug-likeness (QED) is 0.516. The molecule has 0 atom stereocenters. The summed E-state index contributed by atoms with van der Waals surface area (Å²) in [6.45, 7) is 1.20. The van der Waals surface area contributed by atoms with E-state index in [1.807, 2.05) is 46.3 Å². The Bertz CT molecular complexity index is 1070. The smallest absolute Gasteiger partial charge is 0.227 e. The molecule has 0 aliphatic heterocycles. The predicted octanol–water partition coefficient (Wildman–Crippen LogP) is 3.49. The molecular formula is C19H15N7OS. The third kappa shape index (κ3) is 4.13. The molecule has 28 heavy (non-hydrogen) atoms. The van der Waals surface area contributed by atoms with Crippen molar-refractivity contribution in [1.82, 2.24) is 24.7 Å². The van der Waals surface area contributed by atoms with Crippen molar-refractivity contribution in [2.45, 2.75) is 6.54 Å². The van der Waals surface area contributed by atoms with Gasteiger partial charge < -0.3 is 14.6 Å². The van der Waals surface area contributed by atoms with Crippen molar-refractivity contribution < 1.29 is 4.74 Å². The molecule has 0 fully saturated rings. The summed E-state index contributed by atoms with van der Waals surface area (Å²) in [5.41, 5.74) is 1.90. The molecule has 0 aliphatic rings. The number of rotatable bonds is 7. The van der Waals surface area contributed by atoms with Crippen LogP contribution in [0.15, 0.2) is 60.6 Å². The molecule has 0 saturated heterocycles. The number of benzene rings is 1. The van der Waals surface area contributed by atoms with Crippen LogP contribution >= 0.6 is 11.3 Å². The zero-order valence-corrected chi connectivity index (χ0v) is 15.5. The van der Waals surface area contributed by atoms with Crippen molar-refractivity contribution in [3.63, 3.8) is 0 Å². The molecule has 0 amide bonds. The average molecular weight is 389 g/mol. The summed E-state index contributed by atoms with van der Waals surface area (Å²) in [6.07, 6.45) is 4.84. The molecule has 0 radical (unpaired) electrons. The minimum absolute atomic E-state index is 0.434. The highest BCUT2D eigenvalue weighted by atomic mass is 32.1. The molecule has 0 unspecified atom stereocenters. The Balaban J connectivity index is 1.41. The summed E-state index contributed by atoms with van der Waals surface area (Å²) in [4.78, 5) is 9.66. The molecule has 4 rings (SSSR count). The third-order valence-corrected chi connectivity index (χ3v) is 4.74. The van der Waals surface area contributed by atoms with Crippen LogP contribution in [0, 0.1) is 11.3 Å². The molecule has 0 bridgehead atoms. The maximum absolute atomic E-state index is 9.29. The van der Waals surface area contributed by atoms with Crippen molar-refractivity contribution in [1.29, 1.82) is 5.26 Å². The molecule has 0 aliphatic carbocycles. The van der Waals surface area contributed by atoms with E-state index in [0.717, 1.165) is 16.3 Å². The van der Waals surface area contributed by atoms with Crippen LogP contribution in [0.2, 0.25) is 0 Å². The standard InChI is InChI=1S/C19H15N7OS/c20-10-14-11-21-19(25-18(14)17-2-1-9-28-17)24-15-3-5-16(6-4-15)27-8-7-26-12-22-23-13-26/h1-6,9,11-13H,7-8H2,(H,21,24,25). The number of ether oxygens (including phenoxy) is 1. The van der Waals surface area contributed by atoms with Crippen LogP contribution in [0.3, 0.4) is 0 Å². The Kier molecular flexibility index (Phi) is 5.22. The van der Waals surface area contributed by atoms with Gasteiger partial charge in [-0.05, 0) is 35.7 Å². The maximum Gasteiger partial charge on any atom is 0.227 e. The minimum atomic E-state index is 0.434. The van der Waals surface area contributed by atoms with E-state index in [4.69, 9.17) is 4.74 Å². The highest BCUT2D eigenvalue weighted by Gasteiger charge is 2.10. The van der Waals surface area contributed by atoms with Gasteiger partial charge in [-0.15, -0.1) is 21.5 Å². The van der Waals surface area contributed by atoms with E-state index in [1.54, 1.807) is 12.7 Å². The van der Waals surface area contributed by atoms with E-state index in [-0.39, 0.29) is 0 Å². The Morgan fingerprint density at radius 1 is 1.14 bits per heavy atom. The Morgan fingerprint density at radius 3 is 2.68 bits per heavy atom. The molecule has 4 aromatic rings. The van der Waals surface area contributed by atoms with Crippen molar-refractivity contribution in [2.75, 3.05) is 11.9 Å². The number of nitrogens with one attached hydrogen (secondary N) is 1. The number of anilines is 2. The number of nitriles is 1. The lowest BCUT2D eigenvalue weighted by molar-refractivity contribution is 0.298. The molecule has 3 heterocycles. The van der Waals surface area contributed by atoms with Crippen LogP contribution in [0.1, 0.15) is 5.56 Å². The number of hydrogen-bond acceptors (Lipinski definition) is 8. The highest BCUT2D eigenvalue weighted by molar-refractivity contribution is 7.13. The summed E-state index contributed by atoms with van der Waals surface area (Å²) in [6, 6.07) is 13.5. The summed E-state index contributed by atoms with van der Waals surface area (Å²) in [5, 5.41) is 21.9. The van der Waals surface area contributed by atoms with Crippen LogP contribution in [-0.4, -0.2) is 31.3 Å². The topological polar surface area (TPSA) is 102 Å². The van der Waals surface area contributed by atoms with Crippen molar-refractivity contribution in [3.05, 3.63) is 66.2 Å². The zero-order valence-electron chi connectivity index (χ0n) is 14.7. The van der Waals surface area contributed by atoms with Crippen LogP contribution in [-0.2, 0) is 6.54 Å². The fraction of sp³-hybridized carbons (Fsp3) is 0.105. The second-order valence-electron chi connectivity index (χ2n) is 5.74. The number of aromatic nitrogens is 5. The van der Waals surface area contributed by atoms with E-state index < -0.39 is 0 Å². The van der Waals surface area contributed by atoms with Gasteiger partial charge in [-0.3, -0.25) is 0 Å². The van der Waals surface area contributed by atoms with E-state index in [0.29, 0.717) is 30.4 Å². The molecule has 1 aromatic carbocycles. The van der Waals surface area contributed by atoms with Gasteiger partial charge in [0.15, 0.2) is 0 Å². The van der Waals surface area contributed by atoms with E-state index in [1.165, 1.54) is 17.5 Å². The van der Waals surface area contributed by atoms with Gasteiger partial charge in [0.05, 0.1) is 23.2 Å². The monoisotopic (exact) mass is 389 g/mol. The van der Waals surface area contributed by atoms with E-state index >= 15 is 0 Å². The number of thiophene rings is 1.